The van der Waals surface area contributed by atoms with Crippen LogP contribution >= 0.6 is 0 Å². The summed E-state index contributed by atoms with van der Waals surface area (Å²) < 4.78 is 0. The van der Waals surface area contributed by atoms with Gasteiger partial charge in [-0.15, -0.1) is 0 Å². The third-order valence-electron chi connectivity index (χ3n) is 2.66. The van der Waals surface area contributed by atoms with Gasteiger partial charge in [-0.05, 0) is 23.8 Å². The number of carboxylic acid groups (broad SMARTS) is 2. The number of aromatic carboxylic acids is 2. The Morgan fingerprint density at radius 1 is 0.905 bits per heavy atom. The molecule has 7 heteroatoms. The maximum Gasteiger partial charge on any atom is 0.256 e. The lowest BCUT2D eigenvalue weighted by Gasteiger charge is -2.13. The van der Waals surface area contributed by atoms with Crippen molar-refractivity contribution in [2.75, 3.05) is 5.32 Å². The van der Waals surface area contributed by atoms with E-state index >= 15 is 0 Å². The summed E-state index contributed by atoms with van der Waals surface area (Å²) in [6.45, 7) is 0. The van der Waals surface area contributed by atoms with E-state index in [9.17, 15) is 24.6 Å². The molecule has 0 bridgehead atoms. The van der Waals surface area contributed by atoms with Crippen LogP contribution in [0.4, 0.5) is 5.69 Å². The van der Waals surface area contributed by atoms with Crippen molar-refractivity contribution in [3.63, 3.8) is 0 Å². The van der Waals surface area contributed by atoms with E-state index in [4.69, 9.17) is 0 Å². The molecule has 0 aliphatic rings. The van der Waals surface area contributed by atoms with E-state index in [1.54, 1.807) is 0 Å². The Hall–Kier alpha value is -3.22. The van der Waals surface area contributed by atoms with Gasteiger partial charge in [-0.1, -0.05) is 12.1 Å². The second kappa shape index (κ2) is 5.83. The highest BCUT2D eigenvalue weighted by Gasteiger charge is 2.14. The van der Waals surface area contributed by atoms with Crippen molar-refractivity contribution in [3.05, 3.63) is 59.4 Å². The van der Waals surface area contributed by atoms with E-state index < -0.39 is 23.4 Å². The van der Waals surface area contributed by atoms with Crippen molar-refractivity contribution in [1.29, 1.82) is 0 Å². The van der Waals surface area contributed by atoms with Gasteiger partial charge in [0.1, 0.15) is 0 Å². The molecule has 106 valence electrons. The van der Waals surface area contributed by atoms with Crippen molar-refractivity contribution < 1.29 is 24.6 Å². The molecule has 0 radical (unpaired) electrons. The molecule has 1 heterocycles. The summed E-state index contributed by atoms with van der Waals surface area (Å²) in [5, 5.41) is 24.2. The number of carboxylic acids is 2. The highest BCUT2D eigenvalue weighted by molar-refractivity contribution is 6.11. The summed E-state index contributed by atoms with van der Waals surface area (Å²) in [6.07, 6.45) is 2.87. The average molecular weight is 284 g/mol. The van der Waals surface area contributed by atoms with E-state index in [2.05, 4.69) is 10.3 Å². The summed E-state index contributed by atoms with van der Waals surface area (Å²) in [7, 11) is 0. The highest BCUT2D eigenvalue weighted by Crippen LogP contribution is 2.14. The van der Waals surface area contributed by atoms with Crippen LogP contribution in [-0.4, -0.2) is 22.8 Å². The minimum absolute atomic E-state index is 0.306. The van der Waals surface area contributed by atoms with Crippen molar-refractivity contribution in [2.24, 2.45) is 0 Å². The number of carbonyl (C=O) groups excluding carboxylic acids is 3. The Bertz CT molecular complexity index is 713. The zero-order valence-corrected chi connectivity index (χ0v) is 10.5. The molecule has 0 atom stereocenters. The predicted molar refractivity (Wildman–Crippen MR) is 67.3 cm³/mol. The maximum atomic E-state index is 12.1. The van der Waals surface area contributed by atoms with Gasteiger partial charge >= 0.3 is 0 Å². The zero-order chi connectivity index (χ0) is 15.4. The van der Waals surface area contributed by atoms with Crippen LogP contribution in [0.2, 0.25) is 0 Å². The molecule has 2 aromatic rings. The van der Waals surface area contributed by atoms with Crippen LogP contribution in [0.3, 0.4) is 0 Å². The van der Waals surface area contributed by atoms with E-state index in [0.29, 0.717) is 5.69 Å². The van der Waals surface area contributed by atoms with Gasteiger partial charge in [-0.3, -0.25) is 9.78 Å². The van der Waals surface area contributed by atoms with Gasteiger partial charge < -0.3 is 25.1 Å². The molecule has 1 N–H and O–H groups in total. The van der Waals surface area contributed by atoms with Crippen molar-refractivity contribution in [3.8, 4) is 0 Å². The standard InChI is InChI=1S/C14H10N2O5/c17-12(16-9-3-5-15-6-4-9)11-7-8(13(18)19)1-2-10(11)14(20)21/h1-7H,(H,18,19)(H,20,21)(H,15,16,17)/p-2. The normalized spacial score (nSPS) is 9.90. The summed E-state index contributed by atoms with van der Waals surface area (Å²) in [5.41, 5.74) is -0.655. The third-order valence-corrected chi connectivity index (χ3v) is 2.66. The molecule has 2 rings (SSSR count). The van der Waals surface area contributed by atoms with Gasteiger partial charge in [-0.25, -0.2) is 0 Å². The van der Waals surface area contributed by atoms with Gasteiger partial charge in [0.15, 0.2) is 0 Å². The molecule has 7 nitrogen and oxygen atoms in total. The monoisotopic (exact) mass is 284 g/mol. The molecule has 0 saturated heterocycles. The van der Waals surface area contributed by atoms with Gasteiger partial charge in [0.25, 0.3) is 5.91 Å². The van der Waals surface area contributed by atoms with Crippen LogP contribution in [0, 0.1) is 0 Å². The molecule has 0 aliphatic carbocycles. The number of rotatable bonds is 4. The smallest absolute Gasteiger partial charge is 0.256 e. The summed E-state index contributed by atoms with van der Waals surface area (Å²) in [4.78, 5) is 37.6. The average Bonchev–Trinajstić information content (AvgIpc) is 2.47. The van der Waals surface area contributed by atoms with Gasteiger partial charge in [0.2, 0.25) is 0 Å². The van der Waals surface area contributed by atoms with Crippen LogP contribution in [0.15, 0.2) is 42.7 Å². The first-order valence-electron chi connectivity index (χ1n) is 5.77. The van der Waals surface area contributed by atoms with Gasteiger partial charge in [0, 0.05) is 29.2 Å². The molecular formula is C14H8N2O5-2. The fraction of sp³-hybridized carbons (Fsp3) is 0. The van der Waals surface area contributed by atoms with Gasteiger partial charge in [-0.2, -0.15) is 0 Å². The Morgan fingerprint density at radius 3 is 2.14 bits per heavy atom. The first-order valence-corrected chi connectivity index (χ1v) is 5.77. The molecule has 0 spiro atoms. The highest BCUT2D eigenvalue weighted by atomic mass is 16.4. The fourth-order valence-electron chi connectivity index (χ4n) is 1.67. The molecule has 0 saturated carbocycles. The predicted octanol–water partition coefficient (Wildman–Crippen LogP) is -0.939. The topological polar surface area (TPSA) is 122 Å². The largest absolute Gasteiger partial charge is 0.545 e. The quantitative estimate of drug-likeness (QED) is 0.773. The second-order valence-electron chi connectivity index (χ2n) is 4.03. The molecule has 0 aliphatic heterocycles. The van der Waals surface area contributed by atoms with Crippen molar-refractivity contribution in [2.45, 2.75) is 0 Å². The number of benzene rings is 1. The number of amides is 1. The number of nitrogens with zero attached hydrogens (tertiary/aromatic N) is 1. The fourth-order valence-corrected chi connectivity index (χ4v) is 1.67. The van der Waals surface area contributed by atoms with E-state index in [1.807, 2.05) is 0 Å². The number of carbonyl (C=O) groups is 3. The number of nitrogens with one attached hydrogen (secondary N) is 1. The second-order valence-corrected chi connectivity index (χ2v) is 4.03. The van der Waals surface area contributed by atoms with Crippen LogP contribution in [0.1, 0.15) is 31.1 Å². The Balaban J connectivity index is 2.40. The SMILES string of the molecule is O=C([O-])c1ccc(C(=O)[O-])c(C(=O)Nc2ccncc2)c1. The summed E-state index contributed by atoms with van der Waals surface area (Å²) in [5.74, 6) is -3.87. The number of aromatic nitrogens is 1. The Kier molecular flexibility index (Phi) is 3.94. The summed E-state index contributed by atoms with van der Waals surface area (Å²) >= 11 is 0. The lowest BCUT2D eigenvalue weighted by molar-refractivity contribution is -0.256. The molecular weight excluding hydrogens is 276 g/mol. The molecule has 21 heavy (non-hydrogen) atoms. The van der Waals surface area contributed by atoms with Crippen LogP contribution < -0.4 is 15.5 Å². The molecule has 0 fully saturated rings. The van der Waals surface area contributed by atoms with E-state index in [1.165, 1.54) is 24.5 Å². The zero-order valence-electron chi connectivity index (χ0n) is 10.5. The third kappa shape index (κ3) is 3.21. The molecule has 1 aromatic heterocycles. The number of pyridine rings is 1. The first kappa shape index (κ1) is 14.2. The number of hydrogen-bond acceptors (Lipinski definition) is 6. The minimum Gasteiger partial charge on any atom is -0.545 e. The first-order chi connectivity index (χ1) is 9.99. The van der Waals surface area contributed by atoms with Crippen LogP contribution in [0.25, 0.3) is 0 Å². The lowest BCUT2D eigenvalue weighted by Crippen LogP contribution is -2.28. The molecule has 1 aromatic carbocycles. The lowest BCUT2D eigenvalue weighted by atomic mass is 10.0. The van der Waals surface area contributed by atoms with E-state index in [0.717, 1.165) is 18.2 Å². The number of hydrogen-bond donors (Lipinski definition) is 1. The minimum atomic E-state index is -1.58. The Morgan fingerprint density at radius 2 is 1.57 bits per heavy atom. The molecule has 0 unspecified atom stereocenters. The van der Waals surface area contributed by atoms with Gasteiger partial charge in [0.05, 0.1) is 11.9 Å². The van der Waals surface area contributed by atoms with Crippen LogP contribution in [-0.2, 0) is 0 Å². The van der Waals surface area contributed by atoms with Crippen molar-refractivity contribution in [1.82, 2.24) is 4.98 Å². The van der Waals surface area contributed by atoms with E-state index in [-0.39, 0.29) is 11.1 Å². The summed E-state index contributed by atoms with van der Waals surface area (Å²) in [6, 6.07) is 5.95. The van der Waals surface area contributed by atoms with Crippen LogP contribution in [0.5, 0.6) is 0 Å². The Labute approximate surface area is 118 Å². The maximum absolute atomic E-state index is 12.1. The number of anilines is 1. The molecule has 1 amide bonds. The van der Waals surface area contributed by atoms with Crippen molar-refractivity contribution >= 4 is 23.5 Å².